The first kappa shape index (κ1) is 17.4. The van der Waals surface area contributed by atoms with Crippen molar-refractivity contribution in [3.63, 3.8) is 0 Å². The number of aromatic nitrogens is 1. The summed E-state index contributed by atoms with van der Waals surface area (Å²) in [5, 5.41) is 1.82. The van der Waals surface area contributed by atoms with Crippen LogP contribution in [-0.4, -0.2) is 17.6 Å². The molecule has 0 fully saturated rings. The first-order valence-corrected chi connectivity index (χ1v) is 8.48. The number of hydrogen-bond donors (Lipinski definition) is 0. The van der Waals surface area contributed by atoms with Gasteiger partial charge in [-0.25, -0.2) is 0 Å². The lowest BCUT2D eigenvalue weighted by atomic mass is 10.1. The third-order valence-corrected chi connectivity index (χ3v) is 4.59. The summed E-state index contributed by atoms with van der Waals surface area (Å²) in [6.45, 7) is 0.420. The van der Waals surface area contributed by atoms with Crippen molar-refractivity contribution in [3.05, 3.63) is 64.8 Å². The van der Waals surface area contributed by atoms with Gasteiger partial charge in [0.05, 0.1) is 12.8 Å². The van der Waals surface area contributed by atoms with Gasteiger partial charge in [0.15, 0.2) is 0 Å². The van der Waals surface area contributed by atoms with E-state index in [9.17, 15) is 4.79 Å². The Kier molecular flexibility index (Phi) is 5.29. The highest BCUT2D eigenvalue weighted by molar-refractivity contribution is 6.30. The van der Waals surface area contributed by atoms with Crippen molar-refractivity contribution in [2.75, 3.05) is 7.11 Å². The topological polar surface area (TPSA) is 40.5 Å². The standard InChI is InChI=1S/C20H20ClNO3/c1-22-18-6-4-3-5-16(18)17(11-12-20(23)24-2)19(22)13-25-15-9-7-14(21)8-10-15/h3-10H,11-13H2,1-2H3. The average Bonchev–Trinajstić information content (AvgIpc) is 2.91. The second-order valence-corrected chi connectivity index (χ2v) is 6.26. The zero-order chi connectivity index (χ0) is 17.8. The molecule has 0 amide bonds. The summed E-state index contributed by atoms with van der Waals surface area (Å²) in [6.07, 6.45) is 0.964. The van der Waals surface area contributed by atoms with E-state index >= 15 is 0 Å². The van der Waals surface area contributed by atoms with Crippen LogP contribution in [-0.2, 0) is 29.6 Å². The molecule has 1 aromatic heterocycles. The van der Waals surface area contributed by atoms with E-state index < -0.39 is 0 Å². The fourth-order valence-corrected chi connectivity index (χ4v) is 3.13. The van der Waals surface area contributed by atoms with Gasteiger partial charge in [0.1, 0.15) is 12.4 Å². The number of nitrogens with zero attached hydrogens (tertiary/aromatic N) is 1. The fraction of sp³-hybridized carbons (Fsp3) is 0.250. The summed E-state index contributed by atoms with van der Waals surface area (Å²) in [5.41, 5.74) is 3.30. The summed E-state index contributed by atoms with van der Waals surface area (Å²) in [7, 11) is 3.43. The molecule has 0 atom stereocenters. The van der Waals surface area contributed by atoms with Crippen molar-refractivity contribution < 1.29 is 14.3 Å². The van der Waals surface area contributed by atoms with Gasteiger partial charge in [-0.2, -0.15) is 0 Å². The maximum absolute atomic E-state index is 11.6. The predicted octanol–water partition coefficient (Wildman–Crippen LogP) is 4.52. The number of esters is 1. The molecule has 0 radical (unpaired) electrons. The fourth-order valence-electron chi connectivity index (χ4n) is 3.00. The van der Waals surface area contributed by atoms with Crippen molar-refractivity contribution in [2.45, 2.75) is 19.4 Å². The summed E-state index contributed by atoms with van der Waals surface area (Å²) in [6, 6.07) is 15.5. The third-order valence-electron chi connectivity index (χ3n) is 4.34. The van der Waals surface area contributed by atoms with Crippen molar-refractivity contribution >= 4 is 28.5 Å². The largest absolute Gasteiger partial charge is 0.487 e. The van der Waals surface area contributed by atoms with Crippen LogP contribution in [0, 0.1) is 0 Å². The number of halogens is 1. The summed E-state index contributed by atoms with van der Waals surface area (Å²) in [5.74, 6) is 0.547. The maximum atomic E-state index is 11.6. The van der Waals surface area contributed by atoms with Gasteiger partial charge in [-0.3, -0.25) is 4.79 Å². The highest BCUT2D eigenvalue weighted by atomic mass is 35.5. The number of para-hydroxylation sites is 1. The van der Waals surface area contributed by atoms with Gasteiger partial charge in [-0.1, -0.05) is 29.8 Å². The molecule has 5 heteroatoms. The van der Waals surface area contributed by atoms with Gasteiger partial charge >= 0.3 is 5.97 Å². The molecule has 0 spiro atoms. The van der Waals surface area contributed by atoms with Gasteiger partial charge < -0.3 is 14.0 Å². The van der Waals surface area contributed by atoms with Crippen LogP contribution in [0.25, 0.3) is 10.9 Å². The summed E-state index contributed by atoms with van der Waals surface area (Å²) >= 11 is 5.91. The van der Waals surface area contributed by atoms with Crippen LogP contribution in [0.5, 0.6) is 5.75 Å². The van der Waals surface area contributed by atoms with E-state index in [1.165, 1.54) is 7.11 Å². The maximum Gasteiger partial charge on any atom is 0.305 e. The predicted molar refractivity (Wildman–Crippen MR) is 99.0 cm³/mol. The van der Waals surface area contributed by atoms with Crippen LogP contribution in [0.15, 0.2) is 48.5 Å². The number of rotatable bonds is 6. The van der Waals surface area contributed by atoms with Crippen LogP contribution >= 0.6 is 11.6 Å². The minimum atomic E-state index is -0.211. The minimum Gasteiger partial charge on any atom is -0.487 e. The number of carbonyl (C=O) groups excluding carboxylic acids is 1. The van der Waals surface area contributed by atoms with Crippen molar-refractivity contribution in [3.8, 4) is 5.75 Å². The molecule has 0 bridgehead atoms. The van der Waals surface area contributed by atoms with E-state index in [0.29, 0.717) is 24.5 Å². The number of methoxy groups -OCH3 is 1. The Labute approximate surface area is 151 Å². The lowest BCUT2D eigenvalue weighted by Crippen LogP contribution is -2.07. The molecule has 25 heavy (non-hydrogen) atoms. The molecule has 0 N–H and O–H groups in total. The number of carbonyl (C=O) groups is 1. The van der Waals surface area contributed by atoms with Gasteiger partial charge in [-0.05, 0) is 42.3 Å². The third kappa shape index (κ3) is 3.80. The number of hydrogen-bond acceptors (Lipinski definition) is 3. The lowest BCUT2D eigenvalue weighted by molar-refractivity contribution is -0.140. The van der Waals surface area contributed by atoms with Gasteiger partial charge in [0, 0.05) is 29.4 Å². The number of fused-ring (bicyclic) bond motifs is 1. The van der Waals surface area contributed by atoms with E-state index in [2.05, 4.69) is 16.7 Å². The molecule has 0 saturated heterocycles. The van der Waals surface area contributed by atoms with Crippen LogP contribution in [0.1, 0.15) is 17.7 Å². The Hall–Kier alpha value is -2.46. The summed E-state index contributed by atoms with van der Waals surface area (Å²) < 4.78 is 12.8. The first-order chi connectivity index (χ1) is 12.1. The van der Waals surface area contributed by atoms with Crippen LogP contribution in [0.3, 0.4) is 0 Å². The second kappa shape index (κ2) is 7.62. The molecule has 0 aliphatic rings. The van der Waals surface area contributed by atoms with E-state index in [1.54, 1.807) is 12.1 Å². The van der Waals surface area contributed by atoms with E-state index in [-0.39, 0.29) is 5.97 Å². The molecule has 0 saturated carbocycles. The van der Waals surface area contributed by atoms with Gasteiger partial charge in [0.25, 0.3) is 0 Å². The highest BCUT2D eigenvalue weighted by Gasteiger charge is 2.16. The normalized spacial score (nSPS) is 10.8. The highest BCUT2D eigenvalue weighted by Crippen LogP contribution is 2.28. The Morgan fingerprint density at radius 1 is 1.12 bits per heavy atom. The van der Waals surface area contributed by atoms with E-state index in [1.807, 2.05) is 31.3 Å². The number of benzene rings is 2. The zero-order valence-corrected chi connectivity index (χ0v) is 15.0. The quantitative estimate of drug-likeness (QED) is 0.609. The van der Waals surface area contributed by atoms with E-state index in [0.717, 1.165) is 27.9 Å². The molecule has 1 heterocycles. The molecule has 0 unspecified atom stereocenters. The molecular formula is C20H20ClNO3. The van der Waals surface area contributed by atoms with E-state index in [4.69, 9.17) is 21.1 Å². The Morgan fingerprint density at radius 3 is 2.56 bits per heavy atom. The van der Waals surface area contributed by atoms with Crippen molar-refractivity contribution in [1.82, 2.24) is 4.57 Å². The van der Waals surface area contributed by atoms with Crippen molar-refractivity contribution in [1.29, 1.82) is 0 Å². The molecular weight excluding hydrogens is 338 g/mol. The Bertz CT molecular complexity index is 884. The SMILES string of the molecule is COC(=O)CCc1c(COc2ccc(Cl)cc2)n(C)c2ccccc12. The summed E-state index contributed by atoms with van der Waals surface area (Å²) in [4.78, 5) is 11.6. The Morgan fingerprint density at radius 2 is 1.84 bits per heavy atom. The van der Waals surface area contributed by atoms with Gasteiger partial charge in [0.2, 0.25) is 0 Å². The monoisotopic (exact) mass is 357 g/mol. The smallest absolute Gasteiger partial charge is 0.305 e. The molecule has 3 aromatic rings. The molecule has 3 rings (SSSR count). The lowest BCUT2D eigenvalue weighted by Gasteiger charge is -2.10. The molecule has 4 nitrogen and oxygen atoms in total. The van der Waals surface area contributed by atoms with Crippen molar-refractivity contribution in [2.24, 2.45) is 7.05 Å². The number of ether oxygens (including phenoxy) is 2. The number of aryl methyl sites for hydroxylation is 2. The van der Waals surface area contributed by atoms with Crippen LogP contribution in [0.4, 0.5) is 0 Å². The minimum absolute atomic E-state index is 0.211. The molecule has 2 aromatic carbocycles. The average molecular weight is 358 g/mol. The second-order valence-electron chi connectivity index (χ2n) is 5.82. The van der Waals surface area contributed by atoms with Crippen LogP contribution < -0.4 is 4.74 Å². The first-order valence-electron chi connectivity index (χ1n) is 8.10. The zero-order valence-electron chi connectivity index (χ0n) is 14.3. The van der Waals surface area contributed by atoms with Gasteiger partial charge in [-0.15, -0.1) is 0 Å². The molecule has 0 aliphatic carbocycles. The Balaban J connectivity index is 1.90. The molecule has 0 aliphatic heterocycles. The molecule has 130 valence electrons. The van der Waals surface area contributed by atoms with Crippen LogP contribution in [0.2, 0.25) is 5.02 Å².